The Morgan fingerprint density at radius 3 is 2.15 bits per heavy atom. The van der Waals surface area contributed by atoms with Gasteiger partial charge in [-0.15, -0.1) is 0 Å². The van der Waals surface area contributed by atoms with Crippen LogP contribution < -0.4 is 15.4 Å². The number of anilines is 1. The third-order valence-corrected chi connectivity index (χ3v) is 5.12. The molecule has 2 amide bonds. The molecular formula is C18H21N3O4S. The molecule has 138 valence electrons. The van der Waals surface area contributed by atoms with Crippen molar-refractivity contribution in [1.82, 2.24) is 10.0 Å². The molecule has 0 unspecified atom stereocenters. The molecule has 0 aliphatic rings. The zero-order valence-corrected chi connectivity index (χ0v) is 15.3. The van der Waals surface area contributed by atoms with Crippen molar-refractivity contribution >= 4 is 27.5 Å². The van der Waals surface area contributed by atoms with Gasteiger partial charge in [-0.2, -0.15) is 0 Å². The molecule has 3 N–H and O–H groups in total. The molecule has 0 aromatic heterocycles. The van der Waals surface area contributed by atoms with Crippen molar-refractivity contribution in [3.8, 4) is 0 Å². The van der Waals surface area contributed by atoms with E-state index in [1.54, 1.807) is 0 Å². The highest BCUT2D eigenvalue weighted by molar-refractivity contribution is 7.89. The van der Waals surface area contributed by atoms with Crippen LogP contribution in [0.1, 0.15) is 24.9 Å². The predicted molar refractivity (Wildman–Crippen MR) is 98.9 cm³/mol. The Hall–Kier alpha value is -2.71. The third kappa shape index (κ3) is 5.40. The summed E-state index contributed by atoms with van der Waals surface area (Å²) in [6.45, 7) is 1.40. The van der Waals surface area contributed by atoms with Gasteiger partial charge in [-0.25, -0.2) is 13.1 Å². The average molecular weight is 375 g/mol. The van der Waals surface area contributed by atoms with Gasteiger partial charge >= 0.3 is 0 Å². The van der Waals surface area contributed by atoms with E-state index in [9.17, 15) is 18.0 Å². The van der Waals surface area contributed by atoms with Gasteiger partial charge in [0.1, 0.15) is 0 Å². The van der Waals surface area contributed by atoms with E-state index >= 15 is 0 Å². The monoisotopic (exact) mass is 375 g/mol. The van der Waals surface area contributed by atoms with Crippen molar-refractivity contribution < 1.29 is 18.0 Å². The molecule has 0 aliphatic heterocycles. The second-order valence-corrected chi connectivity index (χ2v) is 7.53. The quantitative estimate of drug-likeness (QED) is 0.686. The Kier molecular flexibility index (Phi) is 6.48. The van der Waals surface area contributed by atoms with Gasteiger partial charge in [0.2, 0.25) is 21.8 Å². The number of hydrogen-bond donors (Lipinski definition) is 3. The first-order valence-electron chi connectivity index (χ1n) is 7.97. The van der Waals surface area contributed by atoms with Crippen LogP contribution in [0.15, 0.2) is 59.5 Å². The van der Waals surface area contributed by atoms with Gasteiger partial charge in [0, 0.05) is 12.6 Å². The molecule has 2 rings (SSSR count). The number of sulfonamides is 1. The van der Waals surface area contributed by atoms with Gasteiger partial charge < -0.3 is 10.6 Å². The first-order valence-corrected chi connectivity index (χ1v) is 9.45. The average Bonchev–Trinajstić information content (AvgIpc) is 2.62. The summed E-state index contributed by atoms with van der Waals surface area (Å²) >= 11 is 0. The van der Waals surface area contributed by atoms with Crippen LogP contribution >= 0.6 is 0 Å². The van der Waals surface area contributed by atoms with Gasteiger partial charge in [-0.3, -0.25) is 9.59 Å². The number of nitrogens with one attached hydrogen (secondary N) is 3. The molecule has 0 bridgehead atoms. The van der Waals surface area contributed by atoms with Gasteiger partial charge in [0.05, 0.1) is 17.4 Å². The topological polar surface area (TPSA) is 104 Å². The largest absolute Gasteiger partial charge is 0.349 e. The smallest absolute Gasteiger partial charge is 0.240 e. The molecule has 26 heavy (non-hydrogen) atoms. The predicted octanol–water partition coefficient (Wildman–Crippen LogP) is 1.80. The molecule has 0 radical (unpaired) electrons. The molecule has 2 aromatic rings. The van der Waals surface area contributed by atoms with Crippen LogP contribution in [0.4, 0.5) is 5.69 Å². The Balaban J connectivity index is 2.07. The fraction of sp³-hybridized carbons (Fsp3) is 0.222. The summed E-state index contributed by atoms with van der Waals surface area (Å²) in [6, 6.07) is 14.6. The summed E-state index contributed by atoms with van der Waals surface area (Å²) in [5, 5.41) is 5.47. The van der Waals surface area contributed by atoms with E-state index in [-0.39, 0.29) is 23.1 Å². The van der Waals surface area contributed by atoms with E-state index in [1.165, 1.54) is 38.2 Å². The molecule has 0 heterocycles. The Morgan fingerprint density at radius 1 is 1.00 bits per heavy atom. The van der Waals surface area contributed by atoms with Crippen molar-refractivity contribution in [3.63, 3.8) is 0 Å². The number of amides is 2. The summed E-state index contributed by atoms with van der Waals surface area (Å²) < 4.78 is 25.6. The number of carbonyl (C=O) groups is 2. The zero-order chi connectivity index (χ0) is 19.2. The molecular weight excluding hydrogens is 354 g/mol. The molecule has 0 spiro atoms. The second kappa shape index (κ2) is 8.59. The lowest BCUT2D eigenvalue weighted by Crippen LogP contribution is -2.29. The Bertz CT molecular complexity index is 865. The molecule has 0 saturated heterocycles. The Morgan fingerprint density at radius 2 is 1.62 bits per heavy atom. The summed E-state index contributed by atoms with van der Waals surface area (Å²) in [7, 11) is -2.19. The van der Waals surface area contributed by atoms with Crippen LogP contribution in [-0.2, 0) is 19.6 Å². The van der Waals surface area contributed by atoms with Crippen molar-refractivity contribution in [2.45, 2.75) is 24.3 Å². The second-order valence-electron chi connectivity index (χ2n) is 5.65. The van der Waals surface area contributed by atoms with Gasteiger partial charge in [0.15, 0.2) is 0 Å². The normalized spacial score (nSPS) is 12.2. The number of carbonyl (C=O) groups excluding carboxylic acids is 2. The maximum Gasteiger partial charge on any atom is 0.240 e. The molecule has 0 fully saturated rings. The van der Waals surface area contributed by atoms with Crippen molar-refractivity contribution in [2.75, 3.05) is 12.4 Å². The van der Waals surface area contributed by atoms with Crippen molar-refractivity contribution in [2.24, 2.45) is 0 Å². The Labute approximate surface area is 152 Å². The van der Waals surface area contributed by atoms with E-state index in [2.05, 4.69) is 15.4 Å². The van der Waals surface area contributed by atoms with Crippen LogP contribution in [0, 0.1) is 0 Å². The fourth-order valence-corrected chi connectivity index (χ4v) is 3.15. The van der Waals surface area contributed by atoms with E-state index < -0.39 is 16.1 Å². The maximum absolute atomic E-state index is 12.3. The lowest BCUT2D eigenvalue weighted by atomic mass is 10.0. The summed E-state index contributed by atoms with van der Waals surface area (Å²) in [5.41, 5.74) is 1.30. The molecule has 1 atom stereocenters. The summed E-state index contributed by atoms with van der Waals surface area (Å²) in [5.74, 6) is -0.523. The number of benzene rings is 2. The van der Waals surface area contributed by atoms with E-state index in [4.69, 9.17) is 0 Å². The fourth-order valence-electron chi connectivity index (χ4n) is 2.42. The van der Waals surface area contributed by atoms with Crippen LogP contribution in [0.5, 0.6) is 0 Å². The van der Waals surface area contributed by atoms with E-state index in [0.29, 0.717) is 5.69 Å². The molecule has 7 nitrogen and oxygen atoms in total. The minimum absolute atomic E-state index is 0.0557. The summed E-state index contributed by atoms with van der Waals surface area (Å²) in [6.07, 6.45) is 0.0557. The number of rotatable bonds is 7. The lowest BCUT2D eigenvalue weighted by Gasteiger charge is -2.18. The summed E-state index contributed by atoms with van der Waals surface area (Å²) in [4.78, 5) is 23.9. The first kappa shape index (κ1) is 19.6. The van der Waals surface area contributed by atoms with Gasteiger partial charge in [-0.1, -0.05) is 30.3 Å². The van der Waals surface area contributed by atoms with Crippen LogP contribution in [0.3, 0.4) is 0 Å². The van der Waals surface area contributed by atoms with Crippen molar-refractivity contribution in [3.05, 3.63) is 60.2 Å². The number of hydrogen-bond acceptors (Lipinski definition) is 4. The molecule has 8 heteroatoms. The molecule has 0 saturated carbocycles. The highest BCUT2D eigenvalue weighted by atomic mass is 32.2. The lowest BCUT2D eigenvalue weighted by molar-refractivity contribution is -0.120. The van der Waals surface area contributed by atoms with Crippen LogP contribution in [0.2, 0.25) is 0 Å². The minimum Gasteiger partial charge on any atom is -0.349 e. The minimum atomic E-state index is -3.52. The maximum atomic E-state index is 12.3. The van der Waals surface area contributed by atoms with Crippen molar-refractivity contribution in [1.29, 1.82) is 0 Å². The SMILES string of the molecule is CNS(=O)(=O)c1ccc(NC(=O)C[C@@H](NC(C)=O)c2ccccc2)cc1. The first-order chi connectivity index (χ1) is 12.3. The third-order valence-electron chi connectivity index (χ3n) is 3.69. The highest BCUT2D eigenvalue weighted by Gasteiger charge is 2.17. The highest BCUT2D eigenvalue weighted by Crippen LogP contribution is 2.19. The standard InChI is InChI=1S/C18H21N3O4S/c1-13(22)20-17(14-6-4-3-5-7-14)12-18(23)21-15-8-10-16(11-9-15)26(24,25)19-2/h3-11,17,19H,12H2,1-2H3,(H,20,22)(H,21,23)/t17-/m1/s1. The van der Waals surface area contributed by atoms with Crippen LogP contribution in [-0.4, -0.2) is 27.3 Å². The zero-order valence-electron chi connectivity index (χ0n) is 14.5. The molecule has 0 aliphatic carbocycles. The van der Waals surface area contributed by atoms with E-state index in [0.717, 1.165) is 5.56 Å². The molecule has 2 aromatic carbocycles. The van der Waals surface area contributed by atoms with Gasteiger partial charge in [-0.05, 0) is 36.9 Å². The van der Waals surface area contributed by atoms with E-state index in [1.807, 2.05) is 30.3 Å². The van der Waals surface area contributed by atoms with Crippen LogP contribution in [0.25, 0.3) is 0 Å². The van der Waals surface area contributed by atoms with Gasteiger partial charge in [0.25, 0.3) is 0 Å².